The molecule has 3 aromatic rings. The third kappa shape index (κ3) is 5.34. The van der Waals surface area contributed by atoms with Gasteiger partial charge in [-0.15, -0.1) is 11.3 Å². The number of nitrogens with one attached hydrogen (secondary N) is 1. The van der Waals surface area contributed by atoms with Crippen molar-refractivity contribution in [2.24, 2.45) is 0 Å². The molecule has 0 bridgehead atoms. The summed E-state index contributed by atoms with van der Waals surface area (Å²) in [5, 5.41) is 14.7. The summed E-state index contributed by atoms with van der Waals surface area (Å²) in [6, 6.07) is 8.45. The number of nitro benzene ring substituents is 1. The highest BCUT2D eigenvalue weighted by molar-refractivity contribution is 7.15. The number of nitrogens with zero attached hydrogens (tertiary/aromatic N) is 2. The van der Waals surface area contributed by atoms with Gasteiger partial charge in [-0.1, -0.05) is 18.2 Å². The number of furan rings is 1. The standard InChI is InChI=1S/C21H21N3O6S/c1-12(2)30-18(25)11-15(14-7-4-5-8-16(14)24(27)28)22-20(26)19-13(3)31-21(23-19)17-9-6-10-29-17/h4-10,12,15H,11H2,1-3H3,(H,22,26). The first-order valence-electron chi connectivity index (χ1n) is 9.51. The van der Waals surface area contributed by atoms with Crippen LogP contribution in [0.5, 0.6) is 0 Å². The molecule has 0 fully saturated rings. The molecule has 0 aliphatic rings. The van der Waals surface area contributed by atoms with Crippen molar-refractivity contribution in [1.29, 1.82) is 0 Å². The predicted octanol–water partition coefficient (Wildman–Crippen LogP) is 4.43. The number of para-hydroxylation sites is 1. The van der Waals surface area contributed by atoms with E-state index in [0.29, 0.717) is 15.6 Å². The second-order valence-electron chi connectivity index (χ2n) is 6.99. The third-order valence-electron chi connectivity index (χ3n) is 4.30. The molecule has 10 heteroatoms. The third-order valence-corrected chi connectivity index (χ3v) is 5.28. The molecule has 162 valence electrons. The lowest BCUT2D eigenvalue weighted by molar-refractivity contribution is -0.385. The van der Waals surface area contributed by atoms with Crippen molar-refractivity contribution >= 4 is 28.9 Å². The largest absolute Gasteiger partial charge is 0.463 e. The Morgan fingerprint density at radius 2 is 2.00 bits per heavy atom. The Hall–Kier alpha value is -3.53. The van der Waals surface area contributed by atoms with Gasteiger partial charge in [0.25, 0.3) is 11.6 Å². The Labute approximate surface area is 182 Å². The Balaban J connectivity index is 1.91. The van der Waals surface area contributed by atoms with Crippen LogP contribution in [0.4, 0.5) is 5.69 Å². The molecule has 1 unspecified atom stereocenters. The zero-order valence-corrected chi connectivity index (χ0v) is 18.0. The van der Waals surface area contributed by atoms with E-state index in [1.807, 2.05) is 0 Å². The average Bonchev–Trinajstić information content (AvgIpc) is 3.36. The van der Waals surface area contributed by atoms with Crippen molar-refractivity contribution in [3.05, 3.63) is 68.9 Å². The highest BCUT2D eigenvalue weighted by Gasteiger charge is 2.28. The van der Waals surface area contributed by atoms with Crippen LogP contribution in [0.3, 0.4) is 0 Å². The number of thiazole rings is 1. The first-order valence-corrected chi connectivity index (χ1v) is 10.3. The summed E-state index contributed by atoms with van der Waals surface area (Å²) in [4.78, 5) is 41.2. The van der Waals surface area contributed by atoms with Gasteiger partial charge in [0.2, 0.25) is 0 Å². The lowest BCUT2D eigenvalue weighted by atomic mass is 10.0. The molecule has 2 heterocycles. The Bertz CT molecular complexity index is 1090. The molecule has 0 spiro atoms. The van der Waals surface area contributed by atoms with Gasteiger partial charge in [0.15, 0.2) is 10.8 Å². The van der Waals surface area contributed by atoms with Crippen molar-refractivity contribution < 1.29 is 23.7 Å². The number of hydrogen-bond donors (Lipinski definition) is 1. The van der Waals surface area contributed by atoms with Crippen LogP contribution in [0.15, 0.2) is 47.1 Å². The van der Waals surface area contributed by atoms with Crippen molar-refractivity contribution in [2.75, 3.05) is 0 Å². The fourth-order valence-corrected chi connectivity index (χ4v) is 3.88. The summed E-state index contributed by atoms with van der Waals surface area (Å²) in [6.45, 7) is 5.14. The van der Waals surface area contributed by atoms with Crippen molar-refractivity contribution in [3.8, 4) is 10.8 Å². The van der Waals surface area contributed by atoms with Crippen LogP contribution in [0.2, 0.25) is 0 Å². The van der Waals surface area contributed by atoms with E-state index >= 15 is 0 Å². The average molecular weight is 443 g/mol. The maximum absolute atomic E-state index is 13.0. The van der Waals surface area contributed by atoms with Gasteiger partial charge in [0.1, 0.15) is 5.69 Å². The quantitative estimate of drug-likeness (QED) is 0.310. The van der Waals surface area contributed by atoms with Gasteiger partial charge >= 0.3 is 5.97 Å². The van der Waals surface area contributed by atoms with Crippen LogP contribution >= 0.6 is 11.3 Å². The number of nitro groups is 1. The van der Waals surface area contributed by atoms with Crippen LogP contribution in [0.1, 0.15) is 47.2 Å². The molecule has 3 rings (SSSR count). The van der Waals surface area contributed by atoms with E-state index < -0.39 is 22.8 Å². The molecule has 1 amide bonds. The minimum Gasteiger partial charge on any atom is -0.463 e. The van der Waals surface area contributed by atoms with Gasteiger partial charge in [-0.05, 0) is 32.9 Å². The van der Waals surface area contributed by atoms with Gasteiger partial charge < -0.3 is 14.5 Å². The number of hydrogen-bond acceptors (Lipinski definition) is 8. The van der Waals surface area contributed by atoms with Gasteiger partial charge in [-0.25, -0.2) is 4.98 Å². The van der Waals surface area contributed by atoms with Crippen molar-refractivity contribution in [3.63, 3.8) is 0 Å². The molecular weight excluding hydrogens is 422 g/mol. The summed E-state index contributed by atoms with van der Waals surface area (Å²) in [7, 11) is 0. The molecule has 1 N–H and O–H groups in total. The number of aromatic nitrogens is 1. The van der Waals surface area contributed by atoms with Gasteiger partial charge in [-0.2, -0.15) is 0 Å². The van der Waals surface area contributed by atoms with E-state index in [0.717, 1.165) is 0 Å². The smallest absolute Gasteiger partial charge is 0.308 e. The SMILES string of the molecule is Cc1sc(-c2ccco2)nc1C(=O)NC(CC(=O)OC(C)C)c1ccccc1[N+](=O)[O-]. The Morgan fingerprint density at radius 1 is 1.26 bits per heavy atom. The van der Waals surface area contributed by atoms with E-state index in [2.05, 4.69) is 10.3 Å². The van der Waals surface area contributed by atoms with Crippen molar-refractivity contribution in [2.45, 2.75) is 39.3 Å². The molecular formula is C21H21N3O6S. The Morgan fingerprint density at radius 3 is 2.65 bits per heavy atom. The zero-order valence-electron chi connectivity index (χ0n) is 17.2. The minimum atomic E-state index is -0.964. The van der Waals surface area contributed by atoms with E-state index in [1.165, 1.54) is 35.8 Å². The molecule has 0 aliphatic heterocycles. The number of benzene rings is 1. The molecule has 0 saturated heterocycles. The molecule has 1 atom stereocenters. The highest BCUT2D eigenvalue weighted by atomic mass is 32.1. The molecule has 0 saturated carbocycles. The molecule has 2 aromatic heterocycles. The lowest BCUT2D eigenvalue weighted by Gasteiger charge is -2.19. The molecule has 31 heavy (non-hydrogen) atoms. The molecule has 9 nitrogen and oxygen atoms in total. The fraction of sp³-hybridized carbons (Fsp3) is 0.286. The molecule has 0 radical (unpaired) electrons. The highest BCUT2D eigenvalue weighted by Crippen LogP contribution is 2.30. The summed E-state index contributed by atoms with van der Waals surface area (Å²) in [5.41, 5.74) is 0.175. The topological polar surface area (TPSA) is 125 Å². The van der Waals surface area contributed by atoms with E-state index in [1.54, 1.807) is 39.0 Å². The fourth-order valence-electron chi connectivity index (χ4n) is 3.00. The number of carbonyl (C=O) groups excluding carboxylic acids is 2. The maximum atomic E-state index is 13.0. The molecule has 0 aliphatic carbocycles. The van der Waals surface area contributed by atoms with Gasteiger partial charge in [-0.3, -0.25) is 19.7 Å². The van der Waals surface area contributed by atoms with Crippen molar-refractivity contribution in [1.82, 2.24) is 10.3 Å². The first-order chi connectivity index (χ1) is 14.8. The Kier molecular flexibility index (Phi) is 6.81. The second-order valence-corrected chi connectivity index (χ2v) is 8.19. The van der Waals surface area contributed by atoms with E-state index in [-0.39, 0.29) is 29.5 Å². The van der Waals surface area contributed by atoms with Gasteiger partial charge in [0.05, 0.1) is 35.3 Å². The van der Waals surface area contributed by atoms with E-state index in [9.17, 15) is 19.7 Å². The zero-order chi connectivity index (χ0) is 22.5. The van der Waals surface area contributed by atoms with E-state index in [4.69, 9.17) is 9.15 Å². The summed E-state index contributed by atoms with van der Waals surface area (Å²) < 4.78 is 10.5. The van der Waals surface area contributed by atoms with Crippen LogP contribution in [0.25, 0.3) is 10.8 Å². The number of rotatable bonds is 8. The second kappa shape index (κ2) is 9.52. The maximum Gasteiger partial charge on any atom is 0.308 e. The van der Waals surface area contributed by atoms with Crippen LogP contribution in [0, 0.1) is 17.0 Å². The number of amides is 1. The number of ether oxygens (including phenoxy) is 1. The minimum absolute atomic E-state index is 0.164. The summed E-state index contributed by atoms with van der Waals surface area (Å²) in [6.07, 6.45) is 0.894. The van der Waals surface area contributed by atoms with Crippen LogP contribution in [-0.4, -0.2) is 27.9 Å². The molecule has 1 aromatic carbocycles. The predicted molar refractivity (Wildman–Crippen MR) is 114 cm³/mol. The number of esters is 1. The lowest BCUT2D eigenvalue weighted by Crippen LogP contribution is -2.32. The summed E-state index contributed by atoms with van der Waals surface area (Å²) >= 11 is 1.29. The monoisotopic (exact) mass is 443 g/mol. The van der Waals surface area contributed by atoms with Gasteiger partial charge in [0, 0.05) is 10.9 Å². The number of aryl methyl sites for hydroxylation is 1. The van der Waals surface area contributed by atoms with Crippen LogP contribution < -0.4 is 5.32 Å². The van der Waals surface area contributed by atoms with Crippen LogP contribution in [-0.2, 0) is 9.53 Å². The normalized spacial score (nSPS) is 11.9. The number of carbonyl (C=O) groups is 2. The first kappa shape index (κ1) is 22.2. The summed E-state index contributed by atoms with van der Waals surface area (Å²) in [5.74, 6) is -0.598.